The fourth-order valence-electron chi connectivity index (χ4n) is 2.93. The normalized spacial score (nSPS) is 18.2. The average molecular weight is 347 g/mol. The van der Waals surface area contributed by atoms with Gasteiger partial charge in [-0.25, -0.2) is 15.0 Å². The van der Waals surface area contributed by atoms with Crippen LogP contribution in [0.3, 0.4) is 0 Å². The largest absolute Gasteiger partial charge is 0.292 e. The third kappa shape index (κ3) is 3.02. The van der Waals surface area contributed by atoms with Gasteiger partial charge in [0.05, 0.1) is 6.04 Å². The van der Waals surface area contributed by atoms with Gasteiger partial charge in [-0.05, 0) is 30.3 Å². The van der Waals surface area contributed by atoms with Crippen LogP contribution in [0.25, 0.3) is 0 Å². The van der Waals surface area contributed by atoms with E-state index in [4.69, 9.17) is 11.6 Å². The van der Waals surface area contributed by atoms with Gasteiger partial charge in [0, 0.05) is 47.4 Å². The maximum absolute atomic E-state index is 6.03. The molecule has 0 amide bonds. The Morgan fingerprint density at radius 3 is 2.76 bits per heavy atom. The Morgan fingerprint density at radius 2 is 1.96 bits per heavy atom. The highest BCUT2D eigenvalue weighted by Crippen LogP contribution is 2.32. The summed E-state index contributed by atoms with van der Waals surface area (Å²) in [5.74, 6) is 7.12. The number of anilines is 1. The van der Waals surface area contributed by atoms with Crippen molar-refractivity contribution in [3.63, 3.8) is 0 Å². The SMILES string of the molecule is CN1C=C2C(C#Cc3cccc(Cl)c3)=CC=CC2N1c1ncccn1. The molecule has 0 saturated heterocycles. The molecular weight excluding hydrogens is 332 g/mol. The fraction of sp³-hybridized carbons (Fsp3) is 0.100. The molecule has 122 valence electrons. The molecule has 2 aliphatic rings. The Morgan fingerprint density at radius 1 is 1.12 bits per heavy atom. The predicted octanol–water partition coefficient (Wildman–Crippen LogP) is 3.60. The number of halogens is 1. The summed E-state index contributed by atoms with van der Waals surface area (Å²) >= 11 is 6.03. The zero-order valence-corrected chi connectivity index (χ0v) is 14.4. The molecular formula is C20H15ClN4. The first-order valence-corrected chi connectivity index (χ1v) is 8.27. The Balaban J connectivity index is 1.64. The Kier molecular flexibility index (Phi) is 4.01. The summed E-state index contributed by atoms with van der Waals surface area (Å²) in [7, 11) is 1.98. The van der Waals surface area contributed by atoms with Crippen LogP contribution in [-0.2, 0) is 0 Å². The predicted molar refractivity (Wildman–Crippen MR) is 99.7 cm³/mol. The first kappa shape index (κ1) is 15.5. The van der Waals surface area contributed by atoms with E-state index in [-0.39, 0.29) is 6.04 Å². The van der Waals surface area contributed by atoms with E-state index in [2.05, 4.69) is 34.1 Å². The lowest BCUT2D eigenvalue weighted by Gasteiger charge is -2.30. The maximum atomic E-state index is 6.03. The van der Waals surface area contributed by atoms with Crippen LogP contribution in [0.5, 0.6) is 0 Å². The molecule has 0 fully saturated rings. The van der Waals surface area contributed by atoms with Gasteiger partial charge in [-0.2, -0.15) is 0 Å². The minimum Gasteiger partial charge on any atom is -0.292 e. The molecule has 1 aromatic heterocycles. The van der Waals surface area contributed by atoms with Gasteiger partial charge in [-0.15, -0.1) is 0 Å². The van der Waals surface area contributed by atoms with E-state index in [1.807, 2.05) is 59.5 Å². The zero-order chi connectivity index (χ0) is 17.2. The lowest BCUT2D eigenvalue weighted by atomic mass is 9.95. The van der Waals surface area contributed by atoms with Crippen molar-refractivity contribution in [1.29, 1.82) is 0 Å². The number of hydrogen-bond acceptors (Lipinski definition) is 4. The number of allylic oxidation sites excluding steroid dienone is 2. The second-order valence-corrected chi connectivity index (χ2v) is 6.16. The lowest BCUT2D eigenvalue weighted by Crippen LogP contribution is -2.40. The summed E-state index contributed by atoms with van der Waals surface area (Å²) in [5.41, 5.74) is 3.01. The van der Waals surface area contributed by atoms with Gasteiger partial charge in [0.1, 0.15) is 0 Å². The molecule has 5 heteroatoms. The standard InChI is InChI=1S/C20H15ClN4/c1-24-14-18-16(10-9-15-5-2-7-17(21)13-15)6-3-8-19(18)25(24)20-22-11-4-12-23-20/h2-8,11-14,19H,1H3. The van der Waals surface area contributed by atoms with Crippen molar-refractivity contribution < 1.29 is 0 Å². The summed E-state index contributed by atoms with van der Waals surface area (Å²) in [6.45, 7) is 0. The van der Waals surface area contributed by atoms with Crippen molar-refractivity contribution in [3.05, 3.63) is 88.9 Å². The number of aromatic nitrogens is 2. The minimum absolute atomic E-state index is 0.0426. The quantitative estimate of drug-likeness (QED) is 0.739. The van der Waals surface area contributed by atoms with Crippen LogP contribution in [0.2, 0.25) is 5.02 Å². The third-order valence-corrected chi connectivity index (χ3v) is 4.27. The van der Waals surface area contributed by atoms with Crippen LogP contribution < -0.4 is 5.01 Å². The fourth-order valence-corrected chi connectivity index (χ4v) is 3.12. The van der Waals surface area contributed by atoms with Gasteiger partial charge in [-0.3, -0.25) is 5.01 Å². The molecule has 25 heavy (non-hydrogen) atoms. The highest BCUT2D eigenvalue weighted by molar-refractivity contribution is 6.30. The van der Waals surface area contributed by atoms with E-state index in [1.54, 1.807) is 12.4 Å². The molecule has 0 N–H and O–H groups in total. The number of benzene rings is 1. The molecule has 1 unspecified atom stereocenters. The van der Waals surface area contributed by atoms with E-state index in [0.717, 1.165) is 16.7 Å². The summed E-state index contributed by atoms with van der Waals surface area (Å²) in [5, 5.41) is 4.73. The monoisotopic (exact) mass is 346 g/mol. The highest BCUT2D eigenvalue weighted by Gasteiger charge is 2.33. The van der Waals surface area contributed by atoms with Gasteiger partial charge >= 0.3 is 0 Å². The number of nitrogens with zero attached hydrogens (tertiary/aromatic N) is 4. The van der Waals surface area contributed by atoms with Crippen molar-refractivity contribution in [1.82, 2.24) is 15.0 Å². The lowest BCUT2D eigenvalue weighted by molar-refractivity contribution is 0.425. The second-order valence-electron chi connectivity index (χ2n) is 5.72. The first-order chi connectivity index (χ1) is 12.2. The third-order valence-electron chi connectivity index (χ3n) is 4.04. The summed E-state index contributed by atoms with van der Waals surface area (Å²) in [6, 6.07) is 9.42. The second kappa shape index (κ2) is 6.46. The van der Waals surface area contributed by atoms with Gasteiger partial charge in [-0.1, -0.05) is 41.7 Å². The zero-order valence-electron chi connectivity index (χ0n) is 13.6. The summed E-state index contributed by atoms with van der Waals surface area (Å²) in [6.07, 6.45) is 11.7. The molecule has 0 spiro atoms. The molecule has 0 saturated carbocycles. The van der Waals surface area contributed by atoms with Gasteiger partial charge < -0.3 is 0 Å². The molecule has 2 aromatic rings. The van der Waals surface area contributed by atoms with Crippen molar-refractivity contribution in [3.8, 4) is 11.8 Å². The molecule has 4 nitrogen and oxygen atoms in total. The molecule has 4 rings (SSSR count). The molecule has 1 atom stereocenters. The molecule has 0 radical (unpaired) electrons. The minimum atomic E-state index is 0.0426. The number of hydrazine groups is 1. The van der Waals surface area contributed by atoms with Crippen molar-refractivity contribution in [2.75, 3.05) is 12.1 Å². The topological polar surface area (TPSA) is 32.3 Å². The van der Waals surface area contributed by atoms with Crippen LogP contribution in [-0.4, -0.2) is 28.1 Å². The maximum Gasteiger partial charge on any atom is 0.245 e. The Bertz CT molecular complexity index is 950. The van der Waals surface area contributed by atoms with E-state index >= 15 is 0 Å². The van der Waals surface area contributed by atoms with Crippen LogP contribution >= 0.6 is 11.6 Å². The number of fused-ring (bicyclic) bond motifs is 1. The van der Waals surface area contributed by atoms with E-state index in [0.29, 0.717) is 11.0 Å². The van der Waals surface area contributed by atoms with E-state index < -0.39 is 0 Å². The number of rotatable bonds is 1. The smallest absolute Gasteiger partial charge is 0.245 e. The van der Waals surface area contributed by atoms with Crippen LogP contribution in [0, 0.1) is 11.8 Å². The van der Waals surface area contributed by atoms with Crippen molar-refractivity contribution >= 4 is 17.5 Å². The van der Waals surface area contributed by atoms with Crippen molar-refractivity contribution in [2.45, 2.75) is 6.04 Å². The summed E-state index contributed by atoms with van der Waals surface area (Å²) in [4.78, 5) is 8.73. The van der Waals surface area contributed by atoms with E-state index in [9.17, 15) is 0 Å². The van der Waals surface area contributed by atoms with Crippen LogP contribution in [0.4, 0.5) is 5.95 Å². The molecule has 2 heterocycles. The molecule has 1 aromatic carbocycles. The Hall–Kier alpha value is -3.03. The van der Waals surface area contributed by atoms with Crippen LogP contribution in [0.15, 0.2) is 78.3 Å². The Labute approximate surface area is 151 Å². The van der Waals surface area contributed by atoms with Gasteiger partial charge in [0.25, 0.3) is 0 Å². The molecule has 1 aliphatic carbocycles. The van der Waals surface area contributed by atoms with Gasteiger partial charge in [0.15, 0.2) is 0 Å². The number of hydrogen-bond donors (Lipinski definition) is 0. The average Bonchev–Trinajstić information content (AvgIpc) is 2.97. The van der Waals surface area contributed by atoms with Crippen LogP contribution in [0.1, 0.15) is 5.56 Å². The molecule has 1 aliphatic heterocycles. The summed E-state index contributed by atoms with van der Waals surface area (Å²) < 4.78 is 0. The van der Waals surface area contributed by atoms with Crippen molar-refractivity contribution in [2.24, 2.45) is 0 Å². The molecule has 0 bridgehead atoms. The highest BCUT2D eigenvalue weighted by atomic mass is 35.5. The van der Waals surface area contributed by atoms with E-state index in [1.165, 1.54) is 0 Å². The first-order valence-electron chi connectivity index (χ1n) is 7.89. The van der Waals surface area contributed by atoms with Gasteiger partial charge in [0.2, 0.25) is 5.95 Å².